The number of nitrogens with zero attached hydrogens (tertiary/aromatic N) is 2. The summed E-state index contributed by atoms with van der Waals surface area (Å²) in [6, 6.07) is 18.2. The highest BCUT2D eigenvalue weighted by Crippen LogP contribution is 2.17. The van der Waals surface area contributed by atoms with E-state index < -0.39 is 11.9 Å². The second kappa shape index (κ2) is 11.0. The molecule has 2 aromatic carbocycles. The Balaban J connectivity index is 1.43. The minimum absolute atomic E-state index is 0.215. The molecule has 2 aromatic rings. The van der Waals surface area contributed by atoms with Crippen LogP contribution in [-0.2, 0) is 13.2 Å². The first-order chi connectivity index (χ1) is 14.1. The molecule has 0 saturated carbocycles. The molecule has 1 fully saturated rings. The van der Waals surface area contributed by atoms with Gasteiger partial charge in [0.25, 0.3) is 0 Å². The van der Waals surface area contributed by atoms with E-state index in [1.807, 2.05) is 42.5 Å². The number of hydrogen-bond donors (Lipinski definition) is 0. The first kappa shape index (κ1) is 21.4. The Hall–Kier alpha value is -2.31. The molecule has 0 unspecified atom stereocenters. The van der Waals surface area contributed by atoms with Crippen molar-refractivity contribution in [2.24, 2.45) is 0 Å². The third kappa shape index (κ3) is 7.22. The Labute approximate surface area is 170 Å². The van der Waals surface area contributed by atoms with Gasteiger partial charge in [-0.2, -0.15) is 8.78 Å². The molecule has 0 bridgehead atoms. The highest BCUT2D eigenvalue weighted by atomic mass is 19.3. The predicted octanol–water partition coefficient (Wildman–Crippen LogP) is 5.24. The molecule has 3 nitrogen and oxygen atoms in total. The van der Waals surface area contributed by atoms with Crippen LogP contribution in [0.3, 0.4) is 0 Å². The van der Waals surface area contributed by atoms with Crippen molar-refractivity contribution in [3.8, 4) is 5.75 Å². The van der Waals surface area contributed by atoms with Crippen molar-refractivity contribution in [2.45, 2.75) is 26.0 Å². The summed E-state index contributed by atoms with van der Waals surface area (Å²) in [5.74, 6) is -0.449. The number of hydrogen-bond acceptors (Lipinski definition) is 3. The molecule has 3 rings (SSSR count). The van der Waals surface area contributed by atoms with Crippen LogP contribution >= 0.6 is 0 Å². The summed E-state index contributed by atoms with van der Waals surface area (Å²) in [4.78, 5) is 4.41. The van der Waals surface area contributed by atoms with Crippen molar-refractivity contribution in [1.29, 1.82) is 0 Å². The average Bonchev–Trinajstić information content (AvgIpc) is 2.97. The first-order valence-electron chi connectivity index (χ1n) is 10.00. The highest BCUT2D eigenvalue weighted by Gasteiger charge is 2.16. The third-order valence-corrected chi connectivity index (χ3v) is 5.11. The van der Waals surface area contributed by atoms with E-state index >= 15 is 0 Å². The van der Waals surface area contributed by atoms with Gasteiger partial charge in [0.15, 0.2) is 5.83 Å². The van der Waals surface area contributed by atoms with Gasteiger partial charge in [-0.3, -0.25) is 4.90 Å². The monoisotopic (exact) mass is 404 g/mol. The fourth-order valence-corrected chi connectivity index (χ4v) is 3.45. The lowest BCUT2D eigenvalue weighted by molar-refractivity contribution is 0.247. The number of ether oxygens (including phenoxy) is 1. The number of rotatable bonds is 8. The van der Waals surface area contributed by atoms with Crippen LogP contribution in [0.4, 0.5) is 13.2 Å². The van der Waals surface area contributed by atoms with Crippen LogP contribution in [0.15, 0.2) is 66.5 Å². The van der Waals surface area contributed by atoms with E-state index in [-0.39, 0.29) is 6.42 Å². The van der Waals surface area contributed by atoms with Gasteiger partial charge in [-0.15, -0.1) is 0 Å². The predicted molar refractivity (Wildman–Crippen MR) is 109 cm³/mol. The normalized spacial score (nSPS) is 15.7. The minimum atomic E-state index is -2.20. The molecule has 29 heavy (non-hydrogen) atoms. The number of halogens is 3. The second-order valence-electron chi connectivity index (χ2n) is 7.30. The van der Waals surface area contributed by atoms with Crippen molar-refractivity contribution in [1.82, 2.24) is 9.80 Å². The van der Waals surface area contributed by atoms with E-state index in [2.05, 4.69) is 21.9 Å². The fourth-order valence-electron chi connectivity index (χ4n) is 3.45. The van der Waals surface area contributed by atoms with E-state index in [1.165, 1.54) is 5.56 Å². The molecule has 1 aliphatic heterocycles. The van der Waals surface area contributed by atoms with Crippen molar-refractivity contribution in [3.05, 3.63) is 77.6 Å². The van der Waals surface area contributed by atoms with Crippen LogP contribution in [-0.4, -0.2) is 42.5 Å². The molecule has 0 N–H and O–H groups in total. The Morgan fingerprint density at radius 3 is 2.21 bits per heavy atom. The molecular weight excluding hydrogens is 377 g/mol. The van der Waals surface area contributed by atoms with Gasteiger partial charge in [-0.05, 0) is 42.8 Å². The largest absolute Gasteiger partial charge is 0.489 e. The molecule has 1 saturated heterocycles. The zero-order valence-corrected chi connectivity index (χ0v) is 16.5. The van der Waals surface area contributed by atoms with E-state index in [0.29, 0.717) is 13.2 Å². The van der Waals surface area contributed by atoms with Crippen LogP contribution < -0.4 is 4.74 Å². The minimum Gasteiger partial charge on any atom is -0.489 e. The molecule has 156 valence electrons. The molecule has 0 aliphatic carbocycles. The standard InChI is InChI=1S/C23H27F3N2O/c24-22(23(25)26)11-14-27-12-4-13-28(16-15-27)17-19-7-9-21(10-8-19)29-18-20-5-2-1-3-6-20/h1-3,5-10H,4,11-18H2. The molecular formula is C23H27F3N2O. The smallest absolute Gasteiger partial charge is 0.301 e. The maximum Gasteiger partial charge on any atom is 0.301 e. The zero-order valence-electron chi connectivity index (χ0n) is 16.5. The summed E-state index contributed by atoms with van der Waals surface area (Å²) in [7, 11) is 0. The maximum atomic E-state index is 13.0. The van der Waals surface area contributed by atoms with Gasteiger partial charge in [0, 0.05) is 32.6 Å². The van der Waals surface area contributed by atoms with Gasteiger partial charge in [-0.25, -0.2) is 4.39 Å². The SMILES string of the molecule is FC(F)=C(F)CCN1CCCN(Cc2ccc(OCc3ccccc3)cc2)CC1. The van der Waals surface area contributed by atoms with Gasteiger partial charge in [-0.1, -0.05) is 42.5 Å². The van der Waals surface area contributed by atoms with Gasteiger partial charge < -0.3 is 9.64 Å². The lowest BCUT2D eigenvalue weighted by Gasteiger charge is -2.21. The quantitative estimate of drug-likeness (QED) is 0.598. The summed E-state index contributed by atoms with van der Waals surface area (Å²) < 4.78 is 43.2. The molecule has 0 atom stereocenters. The Morgan fingerprint density at radius 2 is 1.48 bits per heavy atom. The lowest BCUT2D eigenvalue weighted by Crippen LogP contribution is -2.31. The summed E-state index contributed by atoms with van der Waals surface area (Å²) in [6.07, 6.45) is -1.47. The van der Waals surface area contributed by atoms with E-state index in [1.54, 1.807) is 0 Å². The van der Waals surface area contributed by atoms with Crippen LogP contribution in [0.2, 0.25) is 0 Å². The molecule has 6 heteroatoms. The van der Waals surface area contributed by atoms with Gasteiger partial charge >= 0.3 is 6.08 Å². The van der Waals surface area contributed by atoms with Gasteiger partial charge in [0.2, 0.25) is 0 Å². The fraction of sp³-hybridized carbons (Fsp3) is 0.391. The van der Waals surface area contributed by atoms with E-state index in [9.17, 15) is 13.2 Å². The average molecular weight is 404 g/mol. The zero-order chi connectivity index (χ0) is 20.5. The first-order valence-corrected chi connectivity index (χ1v) is 10.00. The molecule has 0 radical (unpaired) electrons. The Morgan fingerprint density at radius 1 is 0.793 bits per heavy atom. The van der Waals surface area contributed by atoms with Crippen LogP contribution in [0, 0.1) is 0 Å². The molecule has 0 aromatic heterocycles. The maximum absolute atomic E-state index is 13.0. The molecule has 1 aliphatic rings. The van der Waals surface area contributed by atoms with Gasteiger partial charge in [0.1, 0.15) is 12.4 Å². The van der Waals surface area contributed by atoms with E-state index in [0.717, 1.165) is 50.5 Å². The lowest BCUT2D eigenvalue weighted by atomic mass is 10.2. The van der Waals surface area contributed by atoms with Gasteiger partial charge in [0.05, 0.1) is 0 Å². The number of benzene rings is 2. The summed E-state index contributed by atoms with van der Waals surface area (Å²) in [5, 5.41) is 0. The van der Waals surface area contributed by atoms with Crippen LogP contribution in [0.5, 0.6) is 5.75 Å². The molecule has 1 heterocycles. The van der Waals surface area contributed by atoms with E-state index in [4.69, 9.17) is 4.74 Å². The van der Waals surface area contributed by atoms with Crippen LogP contribution in [0.1, 0.15) is 24.0 Å². The Bertz CT molecular complexity index is 776. The highest BCUT2D eigenvalue weighted by molar-refractivity contribution is 5.27. The summed E-state index contributed by atoms with van der Waals surface area (Å²) in [6.45, 7) is 5.08. The Kier molecular flexibility index (Phi) is 8.14. The summed E-state index contributed by atoms with van der Waals surface area (Å²) in [5.41, 5.74) is 2.34. The van der Waals surface area contributed by atoms with Crippen molar-refractivity contribution in [3.63, 3.8) is 0 Å². The molecule has 0 amide bonds. The van der Waals surface area contributed by atoms with Crippen LogP contribution in [0.25, 0.3) is 0 Å². The molecule has 0 spiro atoms. The van der Waals surface area contributed by atoms with Crippen molar-refractivity contribution in [2.75, 3.05) is 32.7 Å². The van der Waals surface area contributed by atoms with Crippen molar-refractivity contribution < 1.29 is 17.9 Å². The topological polar surface area (TPSA) is 15.7 Å². The summed E-state index contributed by atoms with van der Waals surface area (Å²) >= 11 is 0. The second-order valence-corrected chi connectivity index (χ2v) is 7.30. The van der Waals surface area contributed by atoms with Crippen molar-refractivity contribution >= 4 is 0 Å². The third-order valence-electron chi connectivity index (χ3n) is 5.11.